The van der Waals surface area contributed by atoms with Crippen LogP contribution in [0.4, 0.5) is 4.39 Å². The minimum Gasteiger partial charge on any atom is -0.217 e. The molecule has 0 amide bonds. The molecule has 0 radical (unpaired) electrons. The molecule has 7 heteroatoms. The Labute approximate surface area is 93.5 Å². The normalized spacial score (nSPS) is 10.7. The van der Waals surface area contributed by atoms with Crippen LogP contribution in [0.15, 0.2) is 10.8 Å². The van der Waals surface area contributed by atoms with E-state index in [9.17, 15) is 4.39 Å². The Kier molecular flexibility index (Phi) is 2.47. The minimum absolute atomic E-state index is 0.179. The quantitative estimate of drug-likeness (QED) is 0.739. The van der Waals surface area contributed by atoms with E-state index in [1.165, 1.54) is 4.68 Å². The second-order valence-corrected chi connectivity index (χ2v) is 3.71. The summed E-state index contributed by atoms with van der Waals surface area (Å²) >= 11 is 3.07. The summed E-state index contributed by atoms with van der Waals surface area (Å²) in [4.78, 5) is 11.5. The van der Waals surface area contributed by atoms with Gasteiger partial charge in [-0.2, -0.15) is 9.07 Å². The fraction of sp³-hybridized carbons (Fsp3) is 0.250. The van der Waals surface area contributed by atoms with Crippen LogP contribution in [0.3, 0.4) is 0 Å². The van der Waals surface area contributed by atoms with Crippen LogP contribution >= 0.6 is 15.9 Å². The summed E-state index contributed by atoms with van der Waals surface area (Å²) in [5.74, 6) is 0.984. The van der Waals surface area contributed by atoms with Crippen LogP contribution in [-0.2, 0) is 0 Å². The van der Waals surface area contributed by atoms with E-state index in [1.54, 1.807) is 13.8 Å². The Morgan fingerprint density at radius 3 is 2.67 bits per heavy atom. The third-order valence-corrected chi connectivity index (χ3v) is 2.49. The first-order valence-electron chi connectivity index (χ1n) is 4.16. The molecule has 0 aromatic carbocycles. The number of halogens is 2. The maximum atomic E-state index is 13.1. The zero-order valence-electron chi connectivity index (χ0n) is 8.07. The summed E-state index contributed by atoms with van der Waals surface area (Å²) in [6, 6.07) is 0. The highest BCUT2D eigenvalue weighted by Crippen LogP contribution is 2.20. The highest BCUT2D eigenvalue weighted by Gasteiger charge is 2.13. The van der Waals surface area contributed by atoms with Gasteiger partial charge in [-0.25, -0.2) is 15.0 Å². The number of hydrogen-bond donors (Lipinski definition) is 0. The highest BCUT2D eigenvalue weighted by molar-refractivity contribution is 9.10. The molecule has 0 spiro atoms. The lowest BCUT2D eigenvalue weighted by atomic mass is 10.5. The molecule has 0 aliphatic carbocycles. The molecular weight excluding hydrogens is 265 g/mol. The van der Waals surface area contributed by atoms with Gasteiger partial charge in [-0.3, -0.25) is 0 Å². The van der Waals surface area contributed by atoms with Crippen molar-refractivity contribution < 1.29 is 4.39 Å². The van der Waals surface area contributed by atoms with Gasteiger partial charge in [0.15, 0.2) is 5.82 Å². The zero-order valence-corrected chi connectivity index (χ0v) is 9.66. The molecule has 0 unspecified atom stereocenters. The van der Waals surface area contributed by atoms with Crippen molar-refractivity contribution in [3.63, 3.8) is 0 Å². The van der Waals surface area contributed by atoms with Gasteiger partial charge in [-0.05, 0) is 29.8 Å². The molecule has 15 heavy (non-hydrogen) atoms. The zero-order chi connectivity index (χ0) is 11.0. The molecule has 0 bridgehead atoms. The van der Waals surface area contributed by atoms with Crippen LogP contribution in [0, 0.1) is 19.8 Å². The maximum Gasteiger partial charge on any atom is 0.232 e. The Bertz CT molecular complexity index is 510. The number of nitrogens with zero attached hydrogens (tertiary/aromatic N) is 5. The van der Waals surface area contributed by atoms with Crippen molar-refractivity contribution >= 4 is 15.9 Å². The van der Waals surface area contributed by atoms with Crippen molar-refractivity contribution in [2.45, 2.75) is 13.8 Å². The molecule has 0 saturated heterocycles. The molecule has 0 atom stereocenters. The second kappa shape index (κ2) is 3.65. The summed E-state index contributed by atoms with van der Waals surface area (Å²) in [5.41, 5.74) is 0. The van der Waals surface area contributed by atoms with E-state index < -0.39 is 5.95 Å². The largest absolute Gasteiger partial charge is 0.232 e. The molecule has 2 rings (SSSR count). The Morgan fingerprint density at radius 2 is 2.07 bits per heavy atom. The third-order valence-electron chi connectivity index (χ3n) is 1.80. The lowest BCUT2D eigenvalue weighted by molar-refractivity contribution is 0.567. The van der Waals surface area contributed by atoms with Crippen molar-refractivity contribution in [1.82, 2.24) is 24.7 Å². The molecule has 0 aliphatic heterocycles. The van der Waals surface area contributed by atoms with Gasteiger partial charge in [0.2, 0.25) is 5.95 Å². The van der Waals surface area contributed by atoms with Gasteiger partial charge >= 0.3 is 0 Å². The smallest absolute Gasteiger partial charge is 0.217 e. The van der Waals surface area contributed by atoms with Gasteiger partial charge in [0.25, 0.3) is 0 Å². The topological polar surface area (TPSA) is 56.5 Å². The van der Waals surface area contributed by atoms with Gasteiger partial charge < -0.3 is 0 Å². The van der Waals surface area contributed by atoms with Crippen LogP contribution in [-0.4, -0.2) is 24.7 Å². The number of rotatable bonds is 1. The monoisotopic (exact) mass is 271 g/mol. The Morgan fingerprint density at radius 1 is 1.33 bits per heavy atom. The second-order valence-electron chi connectivity index (χ2n) is 2.92. The predicted octanol–water partition coefficient (Wildman–Crippen LogP) is 1.58. The first-order chi connectivity index (χ1) is 7.09. The molecule has 2 aromatic heterocycles. The lowest BCUT2D eigenvalue weighted by Crippen LogP contribution is -2.05. The molecule has 2 aromatic rings. The lowest BCUT2D eigenvalue weighted by Gasteiger charge is -2.03. The van der Waals surface area contributed by atoms with Gasteiger partial charge in [0, 0.05) is 0 Å². The predicted molar refractivity (Wildman–Crippen MR) is 54.1 cm³/mol. The van der Waals surface area contributed by atoms with Gasteiger partial charge in [-0.1, -0.05) is 0 Å². The van der Waals surface area contributed by atoms with Crippen molar-refractivity contribution in [3.8, 4) is 5.82 Å². The summed E-state index contributed by atoms with van der Waals surface area (Å²) in [5, 5.41) is 4.10. The van der Waals surface area contributed by atoms with Crippen molar-refractivity contribution in [2.24, 2.45) is 0 Å². The van der Waals surface area contributed by atoms with Crippen molar-refractivity contribution in [3.05, 3.63) is 28.4 Å². The molecule has 0 fully saturated rings. The summed E-state index contributed by atoms with van der Waals surface area (Å²) in [6.07, 6.45) is 1.14. The number of aryl methyl sites for hydroxylation is 2. The van der Waals surface area contributed by atoms with Crippen LogP contribution in [0.25, 0.3) is 5.82 Å². The Hall–Kier alpha value is -1.37. The minimum atomic E-state index is -0.618. The first kappa shape index (κ1) is 10.2. The fourth-order valence-corrected chi connectivity index (χ4v) is 1.58. The molecule has 0 saturated carbocycles. The first-order valence-corrected chi connectivity index (χ1v) is 4.95. The molecule has 78 valence electrons. The molecular formula is C8H7BrFN5. The van der Waals surface area contributed by atoms with E-state index in [-0.39, 0.29) is 4.47 Å². The molecule has 5 nitrogen and oxygen atoms in total. The van der Waals surface area contributed by atoms with Crippen molar-refractivity contribution in [1.29, 1.82) is 0 Å². The van der Waals surface area contributed by atoms with Crippen LogP contribution in [0.2, 0.25) is 0 Å². The average Bonchev–Trinajstić information content (AvgIpc) is 2.50. The summed E-state index contributed by atoms with van der Waals surface area (Å²) in [7, 11) is 0. The Balaban J connectivity index is 2.64. The standard InChI is InChI=1S/C8H7BrFN5/c1-4-13-5(2)15(14-4)8-6(9)7(10)11-3-12-8/h3H,1-2H3. The van der Waals surface area contributed by atoms with E-state index in [1.807, 2.05) is 0 Å². The van der Waals surface area contributed by atoms with E-state index in [4.69, 9.17) is 0 Å². The highest BCUT2D eigenvalue weighted by atomic mass is 79.9. The fourth-order valence-electron chi connectivity index (χ4n) is 1.21. The molecule has 0 aliphatic rings. The summed E-state index contributed by atoms with van der Waals surface area (Å²) in [6.45, 7) is 3.53. The van der Waals surface area contributed by atoms with Gasteiger partial charge in [0.05, 0.1) is 0 Å². The van der Waals surface area contributed by atoms with Gasteiger partial charge in [-0.15, -0.1) is 5.10 Å². The maximum absolute atomic E-state index is 13.1. The third kappa shape index (κ3) is 1.74. The van der Waals surface area contributed by atoms with E-state index in [2.05, 4.69) is 36.0 Å². The van der Waals surface area contributed by atoms with Gasteiger partial charge in [0.1, 0.15) is 22.4 Å². The van der Waals surface area contributed by atoms with Crippen molar-refractivity contribution in [2.75, 3.05) is 0 Å². The molecule has 0 N–H and O–H groups in total. The summed E-state index contributed by atoms with van der Waals surface area (Å²) < 4.78 is 14.8. The van der Waals surface area contributed by atoms with E-state index in [0.717, 1.165) is 6.33 Å². The van der Waals surface area contributed by atoms with Crippen LogP contribution in [0.1, 0.15) is 11.6 Å². The SMILES string of the molecule is Cc1nc(C)n(-c2ncnc(F)c2Br)n1. The number of hydrogen-bond acceptors (Lipinski definition) is 4. The average molecular weight is 272 g/mol. The van der Waals surface area contributed by atoms with Crippen LogP contribution in [0.5, 0.6) is 0 Å². The molecule has 2 heterocycles. The van der Waals surface area contributed by atoms with E-state index in [0.29, 0.717) is 17.5 Å². The van der Waals surface area contributed by atoms with E-state index >= 15 is 0 Å². The van der Waals surface area contributed by atoms with Crippen LogP contribution < -0.4 is 0 Å². The number of aromatic nitrogens is 5.